The highest BCUT2D eigenvalue weighted by Crippen LogP contribution is 2.30. The zero-order valence-corrected chi connectivity index (χ0v) is 13.3. The summed E-state index contributed by atoms with van der Waals surface area (Å²) in [6.45, 7) is 1.76. The van der Waals surface area contributed by atoms with Crippen LogP contribution in [0.4, 0.5) is 18.0 Å². The van der Waals surface area contributed by atoms with E-state index in [0.717, 1.165) is 31.0 Å². The van der Waals surface area contributed by atoms with Gasteiger partial charge in [0.15, 0.2) is 6.61 Å². The summed E-state index contributed by atoms with van der Waals surface area (Å²) in [6, 6.07) is 2.15. The Balaban J connectivity index is 1.96. The molecular weight excluding hydrogens is 343 g/mol. The average molecular weight is 359 g/mol. The van der Waals surface area contributed by atoms with Gasteiger partial charge in [-0.2, -0.15) is 13.2 Å². The number of hydrogen-bond acceptors (Lipinski definition) is 5. The van der Waals surface area contributed by atoms with Gasteiger partial charge < -0.3 is 10.2 Å². The molecule has 2 N–H and O–H groups in total. The molecule has 0 fully saturated rings. The molecule has 0 radical (unpaired) electrons. The molecule has 25 heavy (non-hydrogen) atoms. The van der Waals surface area contributed by atoms with Crippen molar-refractivity contribution in [2.24, 2.45) is 0 Å². The molecule has 0 aliphatic heterocycles. The lowest BCUT2D eigenvalue weighted by atomic mass is 10.2. The summed E-state index contributed by atoms with van der Waals surface area (Å²) in [5.74, 6) is -0.773. The lowest BCUT2D eigenvalue weighted by Gasteiger charge is -2.08. The first-order valence-electron chi connectivity index (χ1n) is 7.45. The Hall–Kier alpha value is -2.85. The number of amides is 3. The van der Waals surface area contributed by atoms with E-state index in [1.807, 2.05) is 12.2 Å². The Morgan fingerprint density at radius 1 is 1.32 bits per heavy atom. The van der Waals surface area contributed by atoms with Gasteiger partial charge in [0.25, 0.3) is 5.91 Å². The Labute approximate surface area is 140 Å². The average Bonchev–Trinajstić information content (AvgIpc) is 2.94. The number of nitrogens with one attached hydrogen (secondary N) is 2. The predicted molar refractivity (Wildman–Crippen MR) is 80.4 cm³/mol. The van der Waals surface area contributed by atoms with Crippen molar-refractivity contribution < 1.29 is 27.6 Å². The van der Waals surface area contributed by atoms with Gasteiger partial charge in [0, 0.05) is 6.54 Å². The van der Waals surface area contributed by atoms with E-state index in [-0.39, 0.29) is 11.0 Å². The van der Waals surface area contributed by atoms with Crippen molar-refractivity contribution in [3.05, 3.63) is 23.8 Å². The molecule has 0 atom stereocenters. The number of carbonyl (C=O) groups is 2. The van der Waals surface area contributed by atoms with Gasteiger partial charge >= 0.3 is 12.2 Å². The van der Waals surface area contributed by atoms with Crippen molar-refractivity contribution in [3.8, 4) is 0 Å². The number of aromatic nitrogens is 3. The van der Waals surface area contributed by atoms with Crippen molar-refractivity contribution in [1.29, 1.82) is 0 Å². The standard InChI is InChI=1S/C14H16F3N5O3/c1-2-3-6-18-13(24)19-12(23)8-25-22-11-7-9(14(15,16)17)4-5-10(11)20-21-22/h4-5,7H,2-3,6,8H2,1H3,(H2,18,19,23,24). The van der Waals surface area contributed by atoms with Crippen molar-refractivity contribution in [3.63, 3.8) is 0 Å². The van der Waals surface area contributed by atoms with Crippen LogP contribution in [0, 0.1) is 0 Å². The predicted octanol–water partition coefficient (Wildman–Crippen LogP) is 1.50. The molecule has 1 aromatic heterocycles. The number of benzene rings is 1. The third-order valence-electron chi connectivity index (χ3n) is 3.13. The van der Waals surface area contributed by atoms with Crippen LogP contribution in [0.25, 0.3) is 11.0 Å². The minimum absolute atomic E-state index is 0.0463. The Bertz CT molecular complexity index is 760. The first kappa shape index (κ1) is 18.5. The van der Waals surface area contributed by atoms with Crippen LogP contribution in [-0.2, 0) is 11.0 Å². The molecule has 136 valence electrons. The summed E-state index contributed by atoms with van der Waals surface area (Å²) in [4.78, 5) is 28.7. The summed E-state index contributed by atoms with van der Waals surface area (Å²) in [5.41, 5.74) is -0.771. The molecule has 2 aromatic rings. The van der Waals surface area contributed by atoms with Crippen LogP contribution >= 0.6 is 0 Å². The van der Waals surface area contributed by atoms with Crippen molar-refractivity contribution in [2.45, 2.75) is 25.9 Å². The molecule has 8 nitrogen and oxygen atoms in total. The summed E-state index contributed by atoms with van der Waals surface area (Å²) >= 11 is 0. The topological polar surface area (TPSA) is 98.1 Å². The molecular formula is C14H16F3N5O3. The number of fused-ring (bicyclic) bond motifs is 1. The van der Waals surface area contributed by atoms with E-state index in [0.29, 0.717) is 11.4 Å². The van der Waals surface area contributed by atoms with E-state index in [2.05, 4.69) is 15.6 Å². The highest BCUT2D eigenvalue weighted by Gasteiger charge is 2.31. The van der Waals surface area contributed by atoms with E-state index in [1.165, 1.54) is 0 Å². The Morgan fingerprint density at radius 3 is 2.76 bits per heavy atom. The second-order valence-corrected chi connectivity index (χ2v) is 5.09. The SMILES string of the molecule is CCCCNC(=O)NC(=O)COn1nnc2ccc(C(F)(F)F)cc21. The largest absolute Gasteiger partial charge is 0.416 e. The van der Waals surface area contributed by atoms with Gasteiger partial charge in [-0.1, -0.05) is 18.2 Å². The molecule has 0 aliphatic rings. The van der Waals surface area contributed by atoms with Crippen LogP contribution in [0.15, 0.2) is 18.2 Å². The molecule has 0 aliphatic carbocycles. The number of hydrogen-bond donors (Lipinski definition) is 2. The number of urea groups is 1. The van der Waals surface area contributed by atoms with Crippen LogP contribution in [-0.4, -0.2) is 40.2 Å². The summed E-state index contributed by atoms with van der Waals surface area (Å²) < 4.78 is 38.2. The molecule has 1 aromatic carbocycles. The summed E-state index contributed by atoms with van der Waals surface area (Å²) in [5, 5.41) is 11.7. The van der Waals surface area contributed by atoms with E-state index in [9.17, 15) is 22.8 Å². The highest BCUT2D eigenvalue weighted by molar-refractivity contribution is 5.94. The number of unbranched alkanes of at least 4 members (excludes halogenated alkanes) is 1. The van der Waals surface area contributed by atoms with Gasteiger partial charge in [0.1, 0.15) is 11.0 Å². The van der Waals surface area contributed by atoms with Crippen molar-refractivity contribution >= 4 is 23.0 Å². The lowest BCUT2D eigenvalue weighted by Crippen LogP contribution is -2.42. The minimum Gasteiger partial charge on any atom is -0.385 e. The number of nitrogens with zero attached hydrogens (tertiary/aromatic N) is 3. The maximum Gasteiger partial charge on any atom is 0.416 e. The number of imide groups is 1. The molecule has 0 saturated carbocycles. The molecule has 1 heterocycles. The second kappa shape index (κ2) is 7.81. The molecule has 0 saturated heterocycles. The van der Waals surface area contributed by atoms with E-state index >= 15 is 0 Å². The first-order valence-corrected chi connectivity index (χ1v) is 7.45. The van der Waals surface area contributed by atoms with Crippen LogP contribution in [0.5, 0.6) is 0 Å². The van der Waals surface area contributed by atoms with E-state index in [1.54, 1.807) is 0 Å². The van der Waals surface area contributed by atoms with Crippen LogP contribution in [0.2, 0.25) is 0 Å². The summed E-state index contributed by atoms with van der Waals surface area (Å²) in [7, 11) is 0. The molecule has 0 spiro atoms. The van der Waals surface area contributed by atoms with Gasteiger partial charge in [-0.25, -0.2) is 4.79 Å². The van der Waals surface area contributed by atoms with Crippen molar-refractivity contribution in [2.75, 3.05) is 13.2 Å². The zero-order valence-electron chi connectivity index (χ0n) is 13.3. The van der Waals surface area contributed by atoms with Gasteiger partial charge in [0.2, 0.25) is 0 Å². The smallest absolute Gasteiger partial charge is 0.385 e. The zero-order chi connectivity index (χ0) is 18.4. The molecule has 0 bridgehead atoms. The third kappa shape index (κ3) is 5.06. The number of rotatable bonds is 6. The van der Waals surface area contributed by atoms with Gasteiger partial charge in [-0.15, -0.1) is 5.10 Å². The molecule has 3 amide bonds. The molecule has 2 rings (SSSR count). The second-order valence-electron chi connectivity index (χ2n) is 5.09. The Kier molecular flexibility index (Phi) is 5.78. The maximum absolute atomic E-state index is 12.7. The van der Waals surface area contributed by atoms with E-state index < -0.39 is 30.3 Å². The highest BCUT2D eigenvalue weighted by atomic mass is 19.4. The van der Waals surface area contributed by atoms with Gasteiger partial charge in [0.05, 0.1) is 5.56 Å². The monoisotopic (exact) mass is 359 g/mol. The first-order chi connectivity index (χ1) is 11.8. The maximum atomic E-state index is 12.7. The van der Waals surface area contributed by atoms with Crippen LogP contribution in [0.3, 0.4) is 0 Å². The van der Waals surface area contributed by atoms with Gasteiger partial charge in [-0.05, 0) is 29.8 Å². The fourth-order valence-corrected chi connectivity index (χ4v) is 1.88. The fraction of sp³-hybridized carbons (Fsp3) is 0.429. The normalized spacial score (nSPS) is 11.4. The number of carbonyl (C=O) groups excluding carboxylic acids is 2. The van der Waals surface area contributed by atoms with Crippen LogP contribution in [0.1, 0.15) is 25.3 Å². The molecule has 0 unspecified atom stereocenters. The lowest BCUT2D eigenvalue weighted by molar-refractivity contribution is -0.137. The van der Waals surface area contributed by atoms with Crippen molar-refractivity contribution in [1.82, 2.24) is 25.8 Å². The number of alkyl halides is 3. The third-order valence-corrected chi connectivity index (χ3v) is 3.13. The summed E-state index contributed by atoms with van der Waals surface area (Å²) in [6.07, 6.45) is -2.88. The van der Waals surface area contributed by atoms with Crippen LogP contribution < -0.4 is 15.5 Å². The van der Waals surface area contributed by atoms with Gasteiger partial charge in [-0.3, -0.25) is 10.1 Å². The fourth-order valence-electron chi connectivity index (χ4n) is 1.88. The quantitative estimate of drug-likeness (QED) is 0.762. The minimum atomic E-state index is -4.53. The molecule has 11 heteroatoms. The number of halogens is 3. The Morgan fingerprint density at radius 2 is 2.08 bits per heavy atom. The van der Waals surface area contributed by atoms with E-state index in [4.69, 9.17) is 4.84 Å².